The third kappa shape index (κ3) is 3.94. The van der Waals surface area contributed by atoms with E-state index in [0.717, 1.165) is 23.6 Å². The molecule has 0 spiro atoms. The van der Waals surface area contributed by atoms with E-state index in [4.69, 9.17) is 4.74 Å². The number of hydrogen-bond donors (Lipinski definition) is 1. The molecule has 1 aliphatic rings. The minimum Gasteiger partial charge on any atom is -0.372 e. The van der Waals surface area contributed by atoms with E-state index in [0.29, 0.717) is 32.1 Å². The first-order chi connectivity index (χ1) is 11.1. The quantitative estimate of drug-likeness (QED) is 0.897. The topological polar surface area (TPSA) is 72.3 Å². The predicted octanol–water partition coefficient (Wildman–Crippen LogP) is 1.19. The minimum absolute atomic E-state index is 0.0766. The van der Waals surface area contributed by atoms with Gasteiger partial charge < -0.3 is 14.6 Å². The van der Waals surface area contributed by atoms with Crippen molar-refractivity contribution in [3.63, 3.8) is 0 Å². The highest BCUT2D eigenvalue weighted by Gasteiger charge is 2.16. The van der Waals surface area contributed by atoms with Gasteiger partial charge in [0, 0.05) is 25.5 Å². The van der Waals surface area contributed by atoms with Gasteiger partial charge in [-0.15, -0.1) is 0 Å². The van der Waals surface area contributed by atoms with Gasteiger partial charge >= 0.3 is 0 Å². The van der Waals surface area contributed by atoms with Gasteiger partial charge in [-0.25, -0.2) is 9.97 Å². The second kappa shape index (κ2) is 6.89. The lowest BCUT2D eigenvalue weighted by Crippen LogP contribution is -2.31. The number of hydrogen-bond acceptors (Lipinski definition) is 5. The first-order valence-electron chi connectivity index (χ1n) is 7.64. The molecule has 23 heavy (non-hydrogen) atoms. The van der Waals surface area contributed by atoms with Gasteiger partial charge in [0.05, 0.1) is 18.8 Å². The van der Waals surface area contributed by atoms with Crippen molar-refractivity contribution in [1.82, 2.24) is 19.4 Å². The third-order valence-corrected chi connectivity index (χ3v) is 3.74. The van der Waals surface area contributed by atoms with E-state index in [9.17, 15) is 4.79 Å². The molecule has 0 unspecified atom stereocenters. The van der Waals surface area contributed by atoms with Crippen molar-refractivity contribution in [2.24, 2.45) is 0 Å². The number of fused-ring (bicyclic) bond motifs is 1. The molecule has 0 atom stereocenters. The van der Waals surface area contributed by atoms with Crippen LogP contribution in [0.15, 0.2) is 24.5 Å². The molecule has 0 aliphatic carbocycles. The van der Waals surface area contributed by atoms with E-state index in [1.54, 1.807) is 6.20 Å². The van der Waals surface area contributed by atoms with Gasteiger partial charge in [-0.3, -0.25) is 9.69 Å². The summed E-state index contributed by atoms with van der Waals surface area (Å²) in [6.07, 6.45) is 3.55. The molecule has 0 aromatic carbocycles. The van der Waals surface area contributed by atoms with Crippen molar-refractivity contribution >= 4 is 11.7 Å². The first-order valence-corrected chi connectivity index (χ1v) is 7.64. The number of ether oxygens (including phenoxy) is 1. The number of pyridine rings is 1. The normalized spacial score (nSPS) is 13.9. The number of anilines is 1. The molecule has 1 N–H and O–H groups in total. The number of carbonyl (C=O) groups excluding carboxylic acids is 1. The molecule has 0 radical (unpaired) electrons. The number of nitrogens with zero attached hydrogens (tertiary/aromatic N) is 4. The zero-order valence-electron chi connectivity index (χ0n) is 13.5. The fourth-order valence-corrected chi connectivity index (χ4v) is 2.65. The van der Waals surface area contributed by atoms with E-state index in [1.807, 2.05) is 37.2 Å². The van der Waals surface area contributed by atoms with Crippen molar-refractivity contribution in [3.05, 3.63) is 41.6 Å². The van der Waals surface area contributed by atoms with Crippen molar-refractivity contribution in [2.45, 2.75) is 26.6 Å². The summed E-state index contributed by atoms with van der Waals surface area (Å²) in [5.41, 5.74) is 2.17. The maximum absolute atomic E-state index is 12.1. The van der Waals surface area contributed by atoms with Crippen molar-refractivity contribution in [2.75, 3.05) is 25.5 Å². The Bertz CT molecular complexity index is 698. The van der Waals surface area contributed by atoms with E-state index in [2.05, 4.69) is 19.9 Å². The van der Waals surface area contributed by atoms with Crippen molar-refractivity contribution < 1.29 is 9.53 Å². The number of imidazole rings is 1. The van der Waals surface area contributed by atoms with E-state index >= 15 is 0 Å². The summed E-state index contributed by atoms with van der Waals surface area (Å²) in [5, 5.41) is 2.82. The Morgan fingerprint density at radius 2 is 2.35 bits per heavy atom. The Kier molecular flexibility index (Phi) is 4.68. The monoisotopic (exact) mass is 315 g/mol. The standard InChI is InChI=1S/C16H21N5O2/c1-12-3-4-17-14(7-12)19-16(22)10-20(2)9-13-8-18-15-11-23-6-5-21(13)15/h3-4,7-8H,5-6,9-11H2,1-2H3,(H,17,19,22). The van der Waals surface area contributed by atoms with Gasteiger partial charge in [0.15, 0.2) is 0 Å². The number of nitrogens with one attached hydrogen (secondary N) is 1. The van der Waals surface area contributed by atoms with Gasteiger partial charge in [-0.1, -0.05) is 0 Å². The molecule has 0 saturated heterocycles. The van der Waals surface area contributed by atoms with Gasteiger partial charge in [0.25, 0.3) is 0 Å². The van der Waals surface area contributed by atoms with E-state index in [-0.39, 0.29) is 5.91 Å². The summed E-state index contributed by atoms with van der Waals surface area (Å²) in [4.78, 5) is 22.6. The SMILES string of the molecule is Cc1ccnc(NC(=O)CN(C)Cc2cnc3n2CCOC3)c1. The largest absolute Gasteiger partial charge is 0.372 e. The van der Waals surface area contributed by atoms with E-state index in [1.165, 1.54) is 0 Å². The smallest absolute Gasteiger partial charge is 0.239 e. The van der Waals surface area contributed by atoms with Crippen LogP contribution in [0.3, 0.4) is 0 Å². The number of likely N-dealkylation sites (N-methyl/N-ethyl adjacent to an activating group) is 1. The molecule has 7 heteroatoms. The fraction of sp³-hybridized carbons (Fsp3) is 0.438. The summed E-state index contributed by atoms with van der Waals surface area (Å²) < 4.78 is 7.55. The van der Waals surface area contributed by atoms with Gasteiger partial charge in [-0.2, -0.15) is 0 Å². The number of aromatic nitrogens is 3. The molecule has 1 amide bonds. The second-order valence-electron chi connectivity index (χ2n) is 5.81. The lowest BCUT2D eigenvalue weighted by molar-refractivity contribution is -0.117. The van der Waals surface area contributed by atoms with Crippen LogP contribution < -0.4 is 5.32 Å². The highest BCUT2D eigenvalue weighted by molar-refractivity contribution is 5.91. The molecule has 2 aromatic rings. The average molecular weight is 315 g/mol. The number of rotatable bonds is 5. The van der Waals surface area contributed by atoms with Crippen LogP contribution >= 0.6 is 0 Å². The second-order valence-corrected chi connectivity index (χ2v) is 5.81. The molecule has 122 valence electrons. The molecule has 0 fully saturated rings. The zero-order chi connectivity index (χ0) is 16.2. The van der Waals surface area contributed by atoms with Gasteiger partial charge in [0.2, 0.25) is 5.91 Å². The Labute approximate surface area is 135 Å². The summed E-state index contributed by atoms with van der Waals surface area (Å²) in [5.74, 6) is 1.46. The van der Waals surface area contributed by atoms with Gasteiger partial charge in [0.1, 0.15) is 18.2 Å². The van der Waals surface area contributed by atoms with Crippen LogP contribution in [0.2, 0.25) is 0 Å². The van der Waals surface area contributed by atoms with Crippen LogP contribution in [0.1, 0.15) is 17.1 Å². The molecular weight excluding hydrogens is 294 g/mol. The molecule has 1 aliphatic heterocycles. The molecule has 0 bridgehead atoms. The minimum atomic E-state index is -0.0766. The van der Waals surface area contributed by atoms with E-state index < -0.39 is 0 Å². The molecule has 3 rings (SSSR count). The van der Waals surface area contributed by atoms with Crippen LogP contribution in [0.25, 0.3) is 0 Å². The third-order valence-electron chi connectivity index (χ3n) is 3.74. The summed E-state index contributed by atoms with van der Waals surface area (Å²) in [6.45, 7) is 5.02. The maximum Gasteiger partial charge on any atom is 0.239 e. The summed E-state index contributed by atoms with van der Waals surface area (Å²) in [7, 11) is 1.92. The average Bonchev–Trinajstić information content (AvgIpc) is 2.90. The fourth-order valence-electron chi connectivity index (χ4n) is 2.65. The first kappa shape index (κ1) is 15.6. The number of aryl methyl sites for hydroxylation is 1. The van der Waals surface area contributed by atoms with Gasteiger partial charge in [-0.05, 0) is 31.7 Å². The summed E-state index contributed by atoms with van der Waals surface area (Å²) in [6, 6.07) is 3.75. The summed E-state index contributed by atoms with van der Waals surface area (Å²) >= 11 is 0. The van der Waals surface area contributed by atoms with Crippen LogP contribution in [0.4, 0.5) is 5.82 Å². The Morgan fingerprint density at radius 1 is 1.48 bits per heavy atom. The van der Waals surface area contributed by atoms with Crippen LogP contribution in [-0.4, -0.2) is 45.5 Å². The zero-order valence-corrected chi connectivity index (χ0v) is 13.5. The van der Waals surface area contributed by atoms with Crippen molar-refractivity contribution in [1.29, 1.82) is 0 Å². The highest BCUT2D eigenvalue weighted by atomic mass is 16.5. The van der Waals surface area contributed by atoms with Crippen LogP contribution in [-0.2, 0) is 29.2 Å². The molecular formula is C16H21N5O2. The highest BCUT2D eigenvalue weighted by Crippen LogP contribution is 2.13. The van der Waals surface area contributed by atoms with Crippen LogP contribution in [0.5, 0.6) is 0 Å². The predicted molar refractivity (Wildman–Crippen MR) is 85.8 cm³/mol. The molecule has 0 saturated carbocycles. The van der Waals surface area contributed by atoms with Crippen LogP contribution in [0, 0.1) is 6.92 Å². The molecule has 2 aromatic heterocycles. The molecule has 7 nitrogen and oxygen atoms in total. The Hall–Kier alpha value is -2.25. The Morgan fingerprint density at radius 3 is 3.17 bits per heavy atom. The maximum atomic E-state index is 12.1. The lowest BCUT2D eigenvalue weighted by Gasteiger charge is -2.20. The number of carbonyl (C=O) groups is 1. The number of amides is 1. The van der Waals surface area contributed by atoms with Crippen molar-refractivity contribution in [3.8, 4) is 0 Å². The Balaban J connectivity index is 1.55. The lowest BCUT2D eigenvalue weighted by atomic mass is 10.3. The molecule has 3 heterocycles.